The number of nitrogens with zero attached hydrogens (tertiary/aromatic N) is 2. The van der Waals surface area contributed by atoms with Gasteiger partial charge in [-0.25, -0.2) is 0 Å². The van der Waals surface area contributed by atoms with Crippen LogP contribution in [-0.4, -0.2) is 30.5 Å². The fourth-order valence-electron chi connectivity index (χ4n) is 1.48. The minimum Gasteiger partial charge on any atom is -0.383 e. The molecule has 1 aromatic carbocycles. The number of methoxy groups -OCH3 is 1. The van der Waals surface area contributed by atoms with Crippen LogP contribution in [0.15, 0.2) is 32.9 Å². The molecule has 0 aliphatic rings. The quantitative estimate of drug-likeness (QED) is 0.796. The van der Waals surface area contributed by atoms with Gasteiger partial charge in [0.05, 0.1) is 6.61 Å². The van der Waals surface area contributed by atoms with Crippen LogP contribution in [0, 0.1) is 0 Å². The number of hydrogen-bond acceptors (Lipinski definition) is 6. The molecule has 0 saturated heterocycles. The van der Waals surface area contributed by atoms with Crippen LogP contribution in [0.25, 0.3) is 0 Å². The number of aromatic nitrogens is 2. The number of benzene rings is 1. The van der Waals surface area contributed by atoms with Gasteiger partial charge in [-0.1, -0.05) is 34.7 Å². The van der Waals surface area contributed by atoms with Gasteiger partial charge in [0, 0.05) is 30.1 Å². The number of nitrogens with one attached hydrogen (secondary N) is 1. The monoisotopic (exact) mass is 315 g/mol. The summed E-state index contributed by atoms with van der Waals surface area (Å²) in [6.45, 7) is 2.26. The Morgan fingerprint density at radius 1 is 1.47 bits per heavy atom. The van der Waals surface area contributed by atoms with Crippen LogP contribution in [0.3, 0.4) is 0 Å². The first-order chi connectivity index (χ1) is 9.29. The Kier molecular flexibility index (Phi) is 6.06. The second-order valence-corrected chi connectivity index (χ2v) is 6.29. The van der Waals surface area contributed by atoms with E-state index < -0.39 is 0 Å². The van der Waals surface area contributed by atoms with Crippen molar-refractivity contribution >= 4 is 34.7 Å². The lowest BCUT2D eigenvalue weighted by Crippen LogP contribution is -2.18. The second kappa shape index (κ2) is 7.81. The van der Waals surface area contributed by atoms with E-state index in [1.807, 2.05) is 18.2 Å². The van der Waals surface area contributed by atoms with Crippen LogP contribution in [0.4, 0.5) is 0 Å². The lowest BCUT2D eigenvalue weighted by atomic mass is 10.2. The van der Waals surface area contributed by atoms with Crippen molar-refractivity contribution in [1.29, 1.82) is 0 Å². The van der Waals surface area contributed by atoms with Crippen LogP contribution in [0.2, 0.25) is 5.02 Å². The van der Waals surface area contributed by atoms with E-state index in [1.54, 1.807) is 24.4 Å². The molecule has 0 aliphatic heterocycles. The maximum absolute atomic E-state index is 6.05. The Labute approximate surface area is 125 Å². The molecule has 0 atom stereocenters. The molecule has 0 unspecified atom stereocenters. The van der Waals surface area contributed by atoms with Gasteiger partial charge in [-0.05, 0) is 23.8 Å². The van der Waals surface area contributed by atoms with Crippen molar-refractivity contribution in [3.05, 3.63) is 34.3 Å². The first-order valence-electron chi connectivity index (χ1n) is 5.71. The van der Waals surface area contributed by atoms with Crippen LogP contribution in [0.1, 0.15) is 5.56 Å². The molecule has 1 N–H and O–H groups in total. The molecule has 0 radical (unpaired) electrons. The Balaban J connectivity index is 2.04. The highest BCUT2D eigenvalue weighted by molar-refractivity contribution is 8.01. The highest BCUT2D eigenvalue weighted by atomic mass is 35.5. The smallest absolute Gasteiger partial charge is 0.178 e. The van der Waals surface area contributed by atoms with Gasteiger partial charge >= 0.3 is 0 Å². The van der Waals surface area contributed by atoms with E-state index in [2.05, 4.69) is 15.5 Å². The summed E-state index contributed by atoms with van der Waals surface area (Å²) in [5.41, 5.74) is 2.89. The number of hydrogen-bond donors (Lipinski definition) is 1. The van der Waals surface area contributed by atoms with Crippen LogP contribution in [0.5, 0.6) is 0 Å². The fourth-order valence-corrected chi connectivity index (χ4v) is 3.22. The summed E-state index contributed by atoms with van der Waals surface area (Å²) in [5.74, 6) is 0. The Morgan fingerprint density at radius 3 is 3.11 bits per heavy atom. The van der Waals surface area contributed by atoms with Crippen LogP contribution in [-0.2, 0) is 11.3 Å². The van der Waals surface area contributed by atoms with Gasteiger partial charge in [-0.3, -0.25) is 0 Å². The van der Waals surface area contributed by atoms with E-state index >= 15 is 0 Å². The summed E-state index contributed by atoms with van der Waals surface area (Å²) in [6.07, 6.45) is 0. The van der Waals surface area contributed by atoms with Crippen molar-refractivity contribution < 1.29 is 4.74 Å². The summed E-state index contributed by atoms with van der Waals surface area (Å²) >= 11 is 9.19. The SMILES string of the molecule is COCCNCc1cc(Cl)ccc1Sc1nncs1. The highest BCUT2D eigenvalue weighted by Gasteiger charge is 2.07. The van der Waals surface area contributed by atoms with E-state index in [0.717, 1.165) is 32.9 Å². The molecule has 0 fully saturated rings. The van der Waals surface area contributed by atoms with Gasteiger partial charge < -0.3 is 10.1 Å². The van der Waals surface area contributed by atoms with E-state index in [-0.39, 0.29) is 0 Å². The summed E-state index contributed by atoms with van der Waals surface area (Å²) in [5, 5.41) is 11.9. The van der Waals surface area contributed by atoms with E-state index in [9.17, 15) is 0 Å². The standard InChI is InChI=1S/C12H14ClN3OS2/c1-17-5-4-14-7-9-6-10(13)2-3-11(9)19-12-16-15-8-18-12/h2-3,6,8,14H,4-5,7H2,1H3. The van der Waals surface area contributed by atoms with Gasteiger partial charge in [0.1, 0.15) is 5.51 Å². The fraction of sp³-hybridized carbons (Fsp3) is 0.333. The van der Waals surface area contributed by atoms with Crippen molar-refractivity contribution in [2.24, 2.45) is 0 Å². The van der Waals surface area contributed by atoms with E-state index in [1.165, 1.54) is 11.3 Å². The maximum Gasteiger partial charge on any atom is 0.178 e. The first kappa shape index (κ1) is 14.7. The maximum atomic E-state index is 6.05. The van der Waals surface area contributed by atoms with E-state index in [0.29, 0.717) is 6.61 Å². The van der Waals surface area contributed by atoms with Gasteiger partial charge in [0.15, 0.2) is 4.34 Å². The average molecular weight is 316 g/mol. The Hall–Kier alpha value is -0.660. The van der Waals surface area contributed by atoms with Gasteiger partial charge in [0.25, 0.3) is 0 Å². The van der Waals surface area contributed by atoms with Crippen molar-refractivity contribution in [2.75, 3.05) is 20.3 Å². The summed E-state index contributed by atoms with van der Waals surface area (Å²) in [4.78, 5) is 1.14. The number of halogens is 1. The molecule has 7 heteroatoms. The zero-order valence-corrected chi connectivity index (χ0v) is 12.8. The lowest BCUT2D eigenvalue weighted by Gasteiger charge is -2.09. The molecule has 19 heavy (non-hydrogen) atoms. The molecule has 0 amide bonds. The normalized spacial score (nSPS) is 10.8. The van der Waals surface area contributed by atoms with Gasteiger partial charge in [0.2, 0.25) is 0 Å². The molecule has 0 bridgehead atoms. The van der Waals surface area contributed by atoms with Crippen molar-refractivity contribution in [2.45, 2.75) is 15.8 Å². The molecular formula is C12H14ClN3OS2. The van der Waals surface area contributed by atoms with Gasteiger partial charge in [-0.2, -0.15) is 0 Å². The largest absolute Gasteiger partial charge is 0.383 e. The molecule has 102 valence electrons. The van der Waals surface area contributed by atoms with E-state index in [4.69, 9.17) is 16.3 Å². The minimum absolute atomic E-state index is 0.694. The third-order valence-corrected chi connectivity index (χ3v) is 4.49. The van der Waals surface area contributed by atoms with Crippen LogP contribution >= 0.6 is 34.7 Å². The van der Waals surface area contributed by atoms with Crippen molar-refractivity contribution in [3.63, 3.8) is 0 Å². The molecular weight excluding hydrogens is 302 g/mol. The lowest BCUT2D eigenvalue weighted by molar-refractivity contribution is 0.199. The van der Waals surface area contributed by atoms with Crippen molar-refractivity contribution in [1.82, 2.24) is 15.5 Å². The number of ether oxygens (including phenoxy) is 1. The van der Waals surface area contributed by atoms with Crippen LogP contribution < -0.4 is 5.32 Å². The molecule has 0 saturated carbocycles. The molecule has 2 aromatic rings. The first-order valence-corrected chi connectivity index (χ1v) is 7.79. The third-order valence-electron chi connectivity index (χ3n) is 2.36. The highest BCUT2D eigenvalue weighted by Crippen LogP contribution is 2.32. The second-order valence-electron chi connectivity index (χ2n) is 3.73. The zero-order valence-electron chi connectivity index (χ0n) is 10.4. The van der Waals surface area contributed by atoms with Gasteiger partial charge in [-0.15, -0.1) is 10.2 Å². The molecule has 2 rings (SSSR count). The predicted molar refractivity (Wildman–Crippen MR) is 79.1 cm³/mol. The molecule has 1 heterocycles. The van der Waals surface area contributed by atoms with Crippen molar-refractivity contribution in [3.8, 4) is 0 Å². The molecule has 1 aromatic heterocycles. The Morgan fingerprint density at radius 2 is 2.37 bits per heavy atom. The summed E-state index contributed by atoms with van der Waals surface area (Å²) < 4.78 is 5.94. The molecule has 0 spiro atoms. The zero-order chi connectivity index (χ0) is 13.5. The summed E-state index contributed by atoms with van der Waals surface area (Å²) in [6, 6.07) is 5.88. The molecule has 4 nitrogen and oxygen atoms in total. The molecule has 0 aliphatic carbocycles. The minimum atomic E-state index is 0.694. The topological polar surface area (TPSA) is 47.0 Å². The third kappa shape index (κ3) is 4.74. The average Bonchev–Trinajstić information content (AvgIpc) is 2.90. The predicted octanol–water partition coefficient (Wildman–Crippen LogP) is 3.08. The summed E-state index contributed by atoms with van der Waals surface area (Å²) in [7, 11) is 1.69. The Bertz CT molecular complexity index is 508. The number of rotatable bonds is 7.